The highest BCUT2D eigenvalue weighted by molar-refractivity contribution is 5.95. The minimum absolute atomic E-state index is 0.164. The van der Waals surface area contributed by atoms with E-state index in [0.29, 0.717) is 34.8 Å². The Labute approximate surface area is 178 Å². The molecule has 1 saturated carbocycles. The Balaban J connectivity index is 1.57. The highest BCUT2D eigenvalue weighted by atomic mass is 19.1. The molecule has 1 aromatic carbocycles. The number of hydrogen-bond acceptors (Lipinski definition) is 5. The van der Waals surface area contributed by atoms with E-state index in [9.17, 15) is 13.6 Å². The first-order chi connectivity index (χ1) is 14.8. The van der Waals surface area contributed by atoms with E-state index in [0.717, 1.165) is 6.20 Å². The van der Waals surface area contributed by atoms with E-state index in [-0.39, 0.29) is 24.1 Å². The molecular formula is C23H22F2N4O2. The van der Waals surface area contributed by atoms with Gasteiger partial charge in [-0.15, -0.1) is 0 Å². The van der Waals surface area contributed by atoms with Crippen LogP contribution in [-0.2, 0) is 10.2 Å². The second kappa shape index (κ2) is 8.02. The predicted octanol–water partition coefficient (Wildman–Crippen LogP) is 4.05. The fourth-order valence-electron chi connectivity index (χ4n) is 3.75. The van der Waals surface area contributed by atoms with E-state index in [1.54, 1.807) is 32.2 Å². The summed E-state index contributed by atoms with van der Waals surface area (Å²) in [7, 11) is 0. The van der Waals surface area contributed by atoms with Crippen molar-refractivity contribution in [3.63, 3.8) is 0 Å². The maximum Gasteiger partial charge on any atom is 0.229 e. The molecule has 8 heteroatoms. The van der Waals surface area contributed by atoms with Gasteiger partial charge in [0.05, 0.1) is 30.6 Å². The van der Waals surface area contributed by atoms with Crippen molar-refractivity contribution in [2.75, 3.05) is 11.9 Å². The minimum atomic E-state index is -0.696. The maximum absolute atomic E-state index is 13.9. The number of anilines is 1. The Morgan fingerprint density at radius 2 is 2.00 bits per heavy atom. The summed E-state index contributed by atoms with van der Waals surface area (Å²) < 4.78 is 33.4. The molecule has 1 unspecified atom stereocenters. The molecule has 0 radical (unpaired) electrons. The second-order valence-electron chi connectivity index (χ2n) is 7.89. The van der Waals surface area contributed by atoms with Gasteiger partial charge in [-0.2, -0.15) is 0 Å². The van der Waals surface area contributed by atoms with E-state index < -0.39 is 17.2 Å². The van der Waals surface area contributed by atoms with Gasteiger partial charge in [-0.3, -0.25) is 4.79 Å². The first-order valence-corrected chi connectivity index (χ1v) is 9.90. The van der Waals surface area contributed by atoms with Crippen molar-refractivity contribution in [1.29, 1.82) is 0 Å². The average molecular weight is 424 g/mol. The lowest BCUT2D eigenvalue weighted by Crippen LogP contribution is -2.27. The number of benzene rings is 1. The van der Waals surface area contributed by atoms with Gasteiger partial charge in [0.2, 0.25) is 5.91 Å². The Bertz CT molecular complexity index is 1150. The molecule has 6 nitrogen and oxygen atoms in total. The summed E-state index contributed by atoms with van der Waals surface area (Å²) in [6.45, 7) is 5.37. The summed E-state index contributed by atoms with van der Waals surface area (Å²) in [5.74, 6) is -0.126. The molecule has 1 fully saturated rings. The molecule has 2 heterocycles. The van der Waals surface area contributed by atoms with Gasteiger partial charge in [0.25, 0.3) is 0 Å². The molecule has 2 atom stereocenters. The molecule has 0 aliphatic heterocycles. The normalized spacial score (nSPS) is 19.7. The number of aryl methyl sites for hydroxylation is 3. The Morgan fingerprint density at radius 1 is 1.19 bits per heavy atom. The zero-order valence-electron chi connectivity index (χ0n) is 17.4. The van der Waals surface area contributed by atoms with Crippen molar-refractivity contribution in [3.8, 4) is 5.75 Å². The number of carbonyl (C=O) groups is 1. The van der Waals surface area contributed by atoms with Crippen LogP contribution in [-0.4, -0.2) is 27.5 Å². The number of amides is 1. The first kappa shape index (κ1) is 20.8. The predicted molar refractivity (Wildman–Crippen MR) is 111 cm³/mol. The minimum Gasteiger partial charge on any atom is -0.489 e. The van der Waals surface area contributed by atoms with Crippen molar-refractivity contribution >= 4 is 11.7 Å². The Hall–Kier alpha value is -3.42. The molecule has 160 valence electrons. The van der Waals surface area contributed by atoms with Gasteiger partial charge >= 0.3 is 0 Å². The Morgan fingerprint density at radius 3 is 2.71 bits per heavy atom. The number of hydrogen-bond donors (Lipinski definition) is 1. The number of nitrogens with one attached hydrogen (secondary N) is 1. The SMILES string of the molecule is Cc1ncc(OC[C@@]2(c3cccc(F)c3)CC2C(=O)Nc2cc(C)c(F)cn2)c(C)n1. The zero-order valence-corrected chi connectivity index (χ0v) is 17.4. The van der Waals surface area contributed by atoms with Gasteiger partial charge in [-0.05, 0) is 56.5 Å². The largest absolute Gasteiger partial charge is 0.489 e. The second-order valence-corrected chi connectivity index (χ2v) is 7.89. The van der Waals surface area contributed by atoms with Gasteiger partial charge in [-0.1, -0.05) is 12.1 Å². The van der Waals surface area contributed by atoms with E-state index in [1.165, 1.54) is 18.2 Å². The maximum atomic E-state index is 13.9. The third-order valence-corrected chi connectivity index (χ3v) is 5.63. The number of rotatable bonds is 6. The Kier molecular flexibility index (Phi) is 5.39. The fraction of sp³-hybridized carbons (Fsp3) is 0.304. The van der Waals surface area contributed by atoms with Crippen molar-refractivity contribution in [2.24, 2.45) is 5.92 Å². The molecule has 2 aromatic heterocycles. The lowest BCUT2D eigenvalue weighted by Gasteiger charge is -2.19. The smallest absolute Gasteiger partial charge is 0.229 e. The molecule has 3 aromatic rings. The van der Waals surface area contributed by atoms with Crippen molar-refractivity contribution in [3.05, 3.63) is 77.0 Å². The number of carbonyl (C=O) groups excluding carboxylic acids is 1. The summed E-state index contributed by atoms with van der Waals surface area (Å²) in [5.41, 5.74) is 1.06. The van der Waals surface area contributed by atoms with Crippen molar-refractivity contribution < 1.29 is 18.3 Å². The third kappa shape index (κ3) is 4.23. The van der Waals surface area contributed by atoms with Crippen LogP contribution in [0.5, 0.6) is 5.75 Å². The van der Waals surface area contributed by atoms with Gasteiger partial charge in [0.15, 0.2) is 5.75 Å². The van der Waals surface area contributed by atoms with Crippen molar-refractivity contribution in [1.82, 2.24) is 15.0 Å². The molecule has 0 spiro atoms. The van der Waals surface area contributed by atoms with Crippen LogP contribution in [0.2, 0.25) is 0 Å². The molecule has 1 N–H and O–H groups in total. The van der Waals surface area contributed by atoms with Crippen LogP contribution in [0.4, 0.5) is 14.6 Å². The van der Waals surface area contributed by atoms with Gasteiger partial charge in [0.1, 0.15) is 23.3 Å². The molecule has 31 heavy (non-hydrogen) atoms. The van der Waals surface area contributed by atoms with Gasteiger partial charge < -0.3 is 10.1 Å². The zero-order chi connectivity index (χ0) is 22.2. The van der Waals surface area contributed by atoms with Crippen molar-refractivity contribution in [2.45, 2.75) is 32.6 Å². The monoisotopic (exact) mass is 424 g/mol. The lowest BCUT2D eigenvalue weighted by atomic mass is 9.93. The number of nitrogens with zero attached hydrogens (tertiary/aromatic N) is 3. The molecule has 1 aliphatic rings. The summed E-state index contributed by atoms with van der Waals surface area (Å²) in [4.78, 5) is 25.3. The summed E-state index contributed by atoms with van der Waals surface area (Å²) in [5, 5.41) is 2.74. The molecule has 1 amide bonds. The average Bonchev–Trinajstić information content (AvgIpc) is 3.46. The van der Waals surface area contributed by atoms with Crippen LogP contribution in [0.1, 0.15) is 29.1 Å². The van der Waals surface area contributed by atoms with Gasteiger partial charge in [-0.25, -0.2) is 23.7 Å². The first-order valence-electron chi connectivity index (χ1n) is 9.90. The molecule has 4 rings (SSSR count). The highest BCUT2D eigenvalue weighted by Gasteiger charge is 2.60. The number of pyridine rings is 1. The molecular weight excluding hydrogens is 402 g/mol. The number of aromatic nitrogens is 3. The van der Waals surface area contributed by atoms with Gasteiger partial charge in [0, 0.05) is 5.41 Å². The standard InChI is InChI=1S/C23H22F2N4O2/c1-13-7-21(27-10-19(13)25)29-22(30)18-9-23(18,16-5-4-6-17(24)8-16)12-31-20-11-26-15(3)28-14(20)2/h4-8,10-11,18H,9,12H2,1-3H3,(H,27,29,30)/t18?,23-/m1/s1. The van der Waals surface area contributed by atoms with Crippen LogP contribution < -0.4 is 10.1 Å². The highest BCUT2D eigenvalue weighted by Crippen LogP contribution is 2.55. The van der Waals surface area contributed by atoms with Crippen LogP contribution in [0, 0.1) is 38.3 Å². The summed E-state index contributed by atoms with van der Waals surface area (Å²) in [6, 6.07) is 7.67. The molecule has 1 aliphatic carbocycles. The van der Waals surface area contributed by atoms with Crippen LogP contribution in [0.15, 0.2) is 42.7 Å². The molecule has 0 bridgehead atoms. The van der Waals surface area contributed by atoms with E-state index >= 15 is 0 Å². The van der Waals surface area contributed by atoms with E-state index in [1.807, 2.05) is 6.92 Å². The quantitative estimate of drug-likeness (QED) is 0.646. The molecule has 0 saturated heterocycles. The summed E-state index contributed by atoms with van der Waals surface area (Å²) in [6.07, 6.45) is 3.15. The topological polar surface area (TPSA) is 77.0 Å². The van der Waals surface area contributed by atoms with Crippen LogP contribution in [0.25, 0.3) is 0 Å². The number of halogens is 2. The lowest BCUT2D eigenvalue weighted by molar-refractivity contribution is -0.117. The van der Waals surface area contributed by atoms with Crippen LogP contribution in [0.3, 0.4) is 0 Å². The fourth-order valence-corrected chi connectivity index (χ4v) is 3.75. The third-order valence-electron chi connectivity index (χ3n) is 5.63. The van der Waals surface area contributed by atoms with Crippen LogP contribution >= 0.6 is 0 Å². The number of ether oxygens (including phenoxy) is 1. The van der Waals surface area contributed by atoms with E-state index in [4.69, 9.17) is 4.74 Å². The summed E-state index contributed by atoms with van der Waals surface area (Å²) >= 11 is 0. The van der Waals surface area contributed by atoms with E-state index in [2.05, 4.69) is 20.3 Å².